The minimum atomic E-state index is 0.437. The molecule has 1 aliphatic rings. The number of rotatable bonds is 3. The van der Waals surface area contributed by atoms with Gasteiger partial charge in [0.25, 0.3) is 0 Å². The van der Waals surface area contributed by atoms with E-state index in [9.17, 15) is 0 Å². The fraction of sp³-hybridized carbons (Fsp3) is 0.100. The molecule has 0 fully saturated rings. The molecule has 0 radical (unpaired) electrons. The maximum Gasteiger partial charge on any atom is 0.193 e. The highest BCUT2D eigenvalue weighted by atomic mass is 15.1. The van der Waals surface area contributed by atoms with Gasteiger partial charge in [-0.2, -0.15) is 0 Å². The van der Waals surface area contributed by atoms with Crippen LogP contribution < -0.4 is 16.8 Å². The Bertz CT molecular complexity index is 334. The summed E-state index contributed by atoms with van der Waals surface area (Å²) in [6.07, 6.45) is 8.61. The van der Waals surface area contributed by atoms with Crippen LogP contribution in [0.1, 0.15) is 0 Å². The SMILES string of the molecule is C=C(/C=C\C=C/N)C1=CN=C(N)NC1. The molecule has 0 unspecified atom stereocenters. The number of aliphatic imine (C=N–C) groups is 1. The van der Waals surface area contributed by atoms with Gasteiger partial charge >= 0.3 is 0 Å². The number of nitrogens with zero attached hydrogens (tertiary/aromatic N) is 1. The Morgan fingerprint density at radius 2 is 2.36 bits per heavy atom. The van der Waals surface area contributed by atoms with Crippen LogP contribution in [0, 0.1) is 0 Å². The van der Waals surface area contributed by atoms with E-state index in [2.05, 4.69) is 16.9 Å². The van der Waals surface area contributed by atoms with Gasteiger partial charge in [0.1, 0.15) is 0 Å². The van der Waals surface area contributed by atoms with Crippen LogP contribution in [-0.4, -0.2) is 12.5 Å². The third kappa shape index (κ3) is 2.82. The molecule has 0 spiro atoms. The lowest BCUT2D eigenvalue weighted by Crippen LogP contribution is -2.35. The monoisotopic (exact) mass is 190 g/mol. The zero-order chi connectivity index (χ0) is 10.4. The van der Waals surface area contributed by atoms with Gasteiger partial charge in [0, 0.05) is 12.7 Å². The molecule has 4 heteroatoms. The van der Waals surface area contributed by atoms with Gasteiger partial charge in [-0.15, -0.1) is 0 Å². The largest absolute Gasteiger partial charge is 0.405 e. The van der Waals surface area contributed by atoms with Crippen molar-refractivity contribution in [3.8, 4) is 0 Å². The van der Waals surface area contributed by atoms with Crippen LogP contribution in [0.15, 0.2) is 53.3 Å². The highest BCUT2D eigenvalue weighted by Gasteiger charge is 2.04. The number of nitrogens with two attached hydrogens (primary N) is 2. The van der Waals surface area contributed by atoms with E-state index in [1.165, 1.54) is 6.20 Å². The first-order valence-corrected chi connectivity index (χ1v) is 4.24. The lowest BCUT2D eigenvalue weighted by Gasteiger charge is -2.12. The third-order valence-electron chi connectivity index (χ3n) is 1.75. The quantitative estimate of drug-likeness (QED) is 0.563. The smallest absolute Gasteiger partial charge is 0.193 e. The molecule has 0 atom stereocenters. The Morgan fingerprint density at radius 1 is 1.57 bits per heavy atom. The Morgan fingerprint density at radius 3 is 2.93 bits per heavy atom. The van der Waals surface area contributed by atoms with Gasteiger partial charge in [-0.05, 0) is 23.4 Å². The fourth-order valence-corrected chi connectivity index (χ4v) is 0.964. The van der Waals surface area contributed by atoms with Gasteiger partial charge in [0.2, 0.25) is 0 Å². The first-order chi connectivity index (χ1) is 6.74. The summed E-state index contributed by atoms with van der Waals surface area (Å²) in [5.74, 6) is 0.437. The molecule has 1 aliphatic heterocycles. The summed E-state index contributed by atoms with van der Waals surface area (Å²) in [7, 11) is 0. The second-order valence-electron chi connectivity index (χ2n) is 2.79. The van der Waals surface area contributed by atoms with Crippen molar-refractivity contribution in [2.24, 2.45) is 16.5 Å². The standard InChI is InChI=1S/C10H14N4/c1-8(4-2-3-5-11)9-6-13-10(12)14-7-9/h2-6H,1,7,11H2,(H3,12,13,14)/b4-2-,5-3-. The molecule has 4 nitrogen and oxygen atoms in total. The van der Waals surface area contributed by atoms with Crippen LogP contribution in [0.4, 0.5) is 0 Å². The summed E-state index contributed by atoms with van der Waals surface area (Å²) in [4.78, 5) is 3.94. The Labute approximate surface area is 83.4 Å². The molecule has 0 saturated carbocycles. The predicted octanol–water partition coefficient (Wildman–Crippen LogP) is 0.373. The highest BCUT2D eigenvalue weighted by molar-refractivity contribution is 5.80. The molecule has 74 valence electrons. The van der Waals surface area contributed by atoms with Crippen molar-refractivity contribution in [1.29, 1.82) is 0 Å². The predicted molar refractivity (Wildman–Crippen MR) is 59.3 cm³/mol. The fourth-order valence-electron chi connectivity index (χ4n) is 0.964. The second kappa shape index (κ2) is 4.91. The zero-order valence-corrected chi connectivity index (χ0v) is 7.90. The molecule has 5 N–H and O–H groups in total. The Balaban J connectivity index is 2.62. The zero-order valence-electron chi connectivity index (χ0n) is 7.90. The van der Waals surface area contributed by atoms with E-state index in [4.69, 9.17) is 11.5 Å². The maximum absolute atomic E-state index is 5.44. The van der Waals surface area contributed by atoms with Crippen molar-refractivity contribution in [2.45, 2.75) is 0 Å². The van der Waals surface area contributed by atoms with E-state index in [0.29, 0.717) is 12.5 Å². The van der Waals surface area contributed by atoms with E-state index >= 15 is 0 Å². The average Bonchev–Trinajstić information content (AvgIpc) is 2.19. The van der Waals surface area contributed by atoms with Crippen LogP contribution >= 0.6 is 0 Å². The first-order valence-electron chi connectivity index (χ1n) is 4.24. The minimum Gasteiger partial charge on any atom is -0.405 e. The van der Waals surface area contributed by atoms with Crippen molar-refractivity contribution in [3.05, 3.63) is 48.4 Å². The summed E-state index contributed by atoms with van der Waals surface area (Å²) in [6.45, 7) is 4.55. The molecular weight excluding hydrogens is 176 g/mol. The number of hydrogen-bond acceptors (Lipinski definition) is 4. The molecule has 0 amide bonds. The van der Waals surface area contributed by atoms with Crippen LogP contribution in [0.2, 0.25) is 0 Å². The highest BCUT2D eigenvalue weighted by Crippen LogP contribution is 2.10. The van der Waals surface area contributed by atoms with Crippen molar-refractivity contribution in [2.75, 3.05) is 6.54 Å². The third-order valence-corrected chi connectivity index (χ3v) is 1.75. The molecule has 0 bridgehead atoms. The molecule has 1 rings (SSSR count). The van der Waals surface area contributed by atoms with Gasteiger partial charge in [0.05, 0.1) is 0 Å². The van der Waals surface area contributed by atoms with Gasteiger partial charge in [-0.25, -0.2) is 4.99 Å². The van der Waals surface area contributed by atoms with Gasteiger partial charge < -0.3 is 16.8 Å². The van der Waals surface area contributed by atoms with E-state index in [1.54, 1.807) is 12.3 Å². The molecule has 0 saturated heterocycles. The van der Waals surface area contributed by atoms with E-state index in [1.807, 2.05) is 12.2 Å². The lowest BCUT2D eigenvalue weighted by atomic mass is 10.1. The van der Waals surface area contributed by atoms with E-state index < -0.39 is 0 Å². The van der Waals surface area contributed by atoms with Crippen LogP contribution in [0.5, 0.6) is 0 Å². The number of guanidine groups is 1. The summed E-state index contributed by atoms with van der Waals surface area (Å²) >= 11 is 0. The van der Waals surface area contributed by atoms with Crippen molar-refractivity contribution in [3.63, 3.8) is 0 Å². The topological polar surface area (TPSA) is 76.4 Å². The molecule has 0 aromatic heterocycles. The van der Waals surface area contributed by atoms with Crippen LogP contribution in [0.3, 0.4) is 0 Å². The molecule has 0 aromatic rings. The van der Waals surface area contributed by atoms with Crippen LogP contribution in [0.25, 0.3) is 0 Å². The lowest BCUT2D eigenvalue weighted by molar-refractivity contribution is 0.952. The summed E-state index contributed by atoms with van der Waals surface area (Å²) in [5, 5.41) is 2.93. The normalized spacial score (nSPS) is 16.6. The maximum atomic E-state index is 5.44. The average molecular weight is 190 g/mol. The molecule has 1 heterocycles. The van der Waals surface area contributed by atoms with Crippen LogP contribution in [-0.2, 0) is 0 Å². The molecular formula is C10H14N4. The first kappa shape index (κ1) is 10.1. The summed E-state index contributed by atoms with van der Waals surface area (Å²) < 4.78 is 0. The number of hydrogen-bond donors (Lipinski definition) is 3. The van der Waals surface area contributed by atoms with E-state index in [-0.39, 0.29) is 0 Å². The molecule has 14 heavy (non-hydrogen) atoms. The second-order valence-corrected chi connectivity index (χ2v) is 2.79. The summed E-state index contributed by atoms with van der Waals surface area (Å²) in [6, 6.07) is 0. The number of allylic oxidation sites excluding steroid dienone is 3. The van der Waals surface area contributed by atoms with Gasteiger partial charge in [0.15, 0.2) is 5.96 Å². The van der Waals surface area contributed by atoms with Gasteiger partial charge in [-0.1, -0.05) is 18.7 Å². The van der Waals surface area contributed by atoms with E-state index in [0.717, 1.165) is 11.1 Å². The molecule has 0 aliphatic carbocycles. The Hall–Kier alpha value is -1.97. The minimum absolute atomic E-state index is 0.437. The number of nitrogens with one attached hydrogen (secondary N) is 1. The molecule has 0 aromatic carbocycles. The van der Waals surface area contributed by atoms with Crippen molar-refractivity contribution in [1.82, 2.24) is 5.32 Å². The Kier molecular flexibility index (Phi) is 3.55. The van der Waals surface area contributed by atoms with Gasteiger partial charge in [-0.3, -0.25) is 0 Å². The summed E-state index contributed by atoms with van der Waals surface area (Å²) in [5.41, 5.74) is 12.5. The van der Waals surface area contributed by atoms with Crippen molar-refractivity contribution < 1.29 is 0 Å². The van der Waals surface area contributed by atoms with Crippen molar-refractivity contribution >= 4 is 5.96 Å².